The van der Waals surface area contributed by atoms with Gasteiger partial charge in [-0.05, 0) is 12.8 Å². The van der Waals surface area contributed by atoms with Gasteiger partial charge in [0.1, 0.15) is 5.52 Å². The smallest absolute Gasteiger partial charge is 0.382 e. The molecule has 0 aliphatic heterocycles. The van der Waals surface area contributed by atoms with E-state index in [4.69, 9.17) is 29.0 Å². The predicted octanol–water partition coefficient (Wildman–Crippen LogP) is 0.453. The van der Waals surface area contributed by atoms with Crippen LogP contribution in [0.2, 0.25) is 0 Å². The molecule has 1 saturated carbocycles. The number of nitrogens with two attached hydrogens (primary N) is 2. The van der Waals surface area contributed by atoms with Crippen LogP contribution in [0.15, 0.2) is 6.33 Å². The maximum atomic E-state index is 8.74. The first-order valence-corrected chi connectivity index (χ1v) is 7.61. The molecule has 2 heterocycles. The molecule has 1 fully saturated rings. The number of aromatic nitrogens is 4. The Morgan fingerprint density at radius 2 is 1.76 bits per heavy atom. The van der Waals surface area contributed by atoms with Crippen LogP contribution in [0.1, 0.15) is 31.7 Å². The van der Waals surface area contributed by atoms with Crippen LogP contribution in [-0.4, -0.2) is 37.0 Å². The van der Waals surface area contributed by atoms with Gasteiger partial charge in [0.2, 0.25) is 5.95 Å². The molecule has 21 heavy (non-hydrogen) atoms. The van der Waals surface area contributed by atoms with Gasteiger partial charge in [-0.15, -0.1) is 0 Å². The number of nitrogen functional groups attached to an aromatic ring is 2. The van der Waals surface area contributed by atoms with Gasteiger partial charge >= 0.3 is 10.4 Å². The van der Waals surface area contributed by atoms with Crippen molar-refractivity contribution in [3.8, 4) is 0 Å². The van der Waals surface area contributed by atoms with E-state index < -0.39 is 10.4 Å². The first-order valence-electron chi connectivity index (χ1n) is 6.21. The zero-order valence-electron chi connectivity index (χ0n) is 11.0. The van der Waals surface area contributed by atoms with Crippen LogP contribution in [0, 0.1) is 0 Å². The van der Waals surface area contributed by atoms with E-state index in [0.29, 0.717) is 17.4 Å². The second-order valence-electron chi connectivity index (χ2n) is 4.68. The van der Waals surface area contributed by atoms with Gasteiger partial charge in [-0.2, -0.15) is 18.4 Å². The van der Waals surface area contributed by atoms with Crippen molar-refractivity contribution < 1.29 is 17.5 Å². The molecule has 116 valence electrons. The SMILES string of the molecule is Nc1nc(N)c2ncn(C3CCCC3)c2n1.O=S(=O)(O)O. The van der Waals surface area contributed by atoms with Crippen LogP contribution in [0.5, 0.6) is 0 Å². The lowest BCUT2D eigenvalue weighted by Gasteiger charge is -2.11. The maximum Gasteiger partial charge on any atom is 0.394 e. The Bertz CT molecular complexity index is 729. The Hall–Kier alpha value is -1.98. The van der Waals surface area contributed by atoms with Crippen molar-refractivity contribution in [2.75, 3.05) is 11.5 Å². The monoisotopic (exact) mass is 316 g/mol. The summed E-state index contributed by atoms with van der Waals surface area (Å²) in [6, 6.07) is 0.485. The molecule has 0 saturated heterocycles. The fourth-order valence-corrected chi connectivity index (χ4v) is 2.41. The molecule has 0 bridgehead atoms. The molecule has 2 aromatic heterocycles. The third-order valence-corrected chi connectivity index (χ3v) is 3.18. The molecule has 2 aromatic rings. The Balaban J connectivity index is 0.000000282. The fraction of sp³-hybridized carbons (Fsp3) is 0.500. The normalized spacial score (nSPS) is 15.9. The number of hydrogen-bond acceptors (Lipinski definition) is 7. The molecule has 10 nitrogen and oxygen atoms in total. The van der Waals surface area contributed by atoms with Gasteiger partial charge in [0, 0.05) is 6.04 Å². The number of nitrogens with zero attached hydrogens (tertiary/aromatic N) is 4. The molecule has 0 spiro atoms. The van der Waals surface area contributed by atoms with Crippen molar-refractivity contribution in [3.05, 3.63) is 6.33 Å². The number of rotatable bonds is 1. The first-order chi connectivity index (χ1) is 9.75. The second kappa shape index (κ2) is 5.79. The number of fused-ring (bicyclic) bond motifs is 1. The first kappa shape index (κ1) is 15.4. The third-order valence-electron chi connectivity index (χ3n) is 3.18. The van der Waals surface area contributed by atoms with E-state index in [9.17, 15) is 0 Å². The highest BCUT2D eigenvalue weighted by molar-refractivity contribution is 7.79. The van der Waals surface area contributed by atoms with Crippen molar-refractivity contribution in [2.24, 2.45) is 0 Å². The molecular formula is C10H16N6O4S. The third kappa shape index (κ3) is 4.00. The Morgan fingerprint density at radius 1 is 1.19 bits per heavy atom. The summed E-state index contributed by atoms with van der Waals surface area (Å²) in [5.74, 6) is 0.573. The molecule has 0 aromatic carbocycles. The number of hydrogen-bond donors (Lipinski definition) is 4. The molecule has 0 atom stereocenters. The molecule has 3 rings (SSSR count). The summed E-state index contributed by atoms with van der Waals surface area (Å²) in [5.41, 5.74) is 12.8. The van der Waals surface area contributed by atoms with E-state index in [2.05, 4.69) is 19.5 Å². The van der Waals surface area contributed by atoms with E-state index in [-0.39, 0.29) is 5.95 Å². The van der Waals surface area contributed by atoms with Crippen LogP contribution in [0.25, 0.3) is 11.2 Å². The average Bonchev–Trinajstić information content (AvgIpc) is 2.93. The van der Waals surface area contributed by atoms with Gasteiger partial charge in [0.05, 0.1) is 6.33 Å². The Kier molecular flexibility index (Phi) is 4.25. The Labute approximate surface area is 120 Å². The lowest BCUT2D eigenvalue weighted by atomic mass is 10.2. The lowest BCUT2D eigenvalue weighted by Crippen LogP contribution is -2.06. The molecule has 0 unspecified atom stereocenters. The van der Waals surface area contributed by atoms with E-state index in [1.54, 1.807) is 6.33 Å². The number of imidazole rings is 1. The second-order valence-corrected chi connectivity index (χ2v) is 5.57. The summed E-state index contributed by atoms with van der Waals surface area (Å²) >= 11 is 0. The highest BCUT2D eigenvalue weighted by Gasteiger charge is 2.20. The van der Waals surface area contributed by atoms with Crippen LogP contribution < -0.4 is 11.5 Å². The lowest BCUT2D eigenvalue weighted by molar-refractivity contribution is 0.381. The topological polar surface area (TPSA) is 170 Å². The summed E-state index contributed by atoms with van der Waals surface area (Å²) < 4.78 is 33.7. The fourth-order valence-electron chi connectivity index (χ4n) is 2.41. The minimum absolute atomic E-state index is 0.213. The summed E-state index contributed by atoms with van der Waals surface area (Å²) in [5, 5.41) is 0. The largest absolute Gasteiger partial charge is 0.394 e. The Morgan fingerprint density at radius 3 is 2.33 bits per heavy atom. The maximum absolute atomic E-state index is 8.74. The van der Waals surface area contributed by atoms with Crippen molar-refractivity contribution in [1.82, 2.24) is 19.5 Å². The van der Waals surface area contributed by atoms with Crippen molar-refractivity contribution >= 4 is 33.3 Å². The predicted molar refractivity (Wildman–Crippen MR) is 75.8 cm³/mol. The van der Waals surface area contributed by atoms with Gasteiger partial charge in [0.25, 0.3) is 0 Å². The van der Waals surface area contributed by atoms with E-state index in [1.807, 2.05) is 0 Å². The average molecular weight is 316 g/mol. The summed E-state index contributed by atoms with van der Waals surface area (Å²) in [6.07, 6.45) is 6.68. The van der Waals surface area contributed by atoms with Crippen LogP contribution in [0.4, 0.5) is 11.8 Å². The minimum Gasteiger partial charge on any atom is -0.382 e. The quantitative estimate of drug-likeness (QED) is 0.545. The van der Waals surface area contributed by atoms with Gasteiger partial charge < -0.3 is 16.0 Å². The summed E-state index contributed by atoms with van der Waals surface area (Å²) in [6.45, 7) is 0. The van der Waals surface area contributed by atoms with Gasteiger partial charge in [0.15, 0.2) is 11.5 Å². The van der Waals surface area contributed by atoms with Crippen LogP contribution in [-0.2, 0) is 10.4 Å². The van der Waals surface area contributed by atoms with Crippen molar-refractivity contribution in [3.63, 3.8) is 0 Å². The van der Waals surface area contributed by atoms with E-state index in [0.717, 1.165) is 5.65 Å². The van der Waals surface area contributed by atoms with E-state index in [1.165, 1.54) is 25.7 Å². The highest BCUT2D eigenvalue weighted by Crippen LogP contribution is 2.32. The molecule has 1 aliphatic carbocycles. The standard InChI is InChI=1S/C10H14N6.H2O4S/c11-8-7-9(15-10(12)14-8)16(5-13-7)6-3-1-2-4-6;1-5(2,3)4/h5-6H,1-4H2,(H4,11,12,14,15);(H2,1,2,3,4). The molecule has 6 N–H and O–H groups in total. The van der Waals surface area contributed by atoms with Crippen LogP contribution >= 0.6 is 0 Å². The molecule has 11 heteroatoms. The van der Waals surface area contributed by atoms with Gasteiger partial charge in [-0.25, -0.2) is 4.98 Å². The van der Waals surface area contributed by atoms with Gasteiger partial charge in [-0.1, -0.05) is 12.8 Å². The molecule has 0 radical (unpaired) electrons. The zero-order valence-corrected chi connectivity index (χ0v) is 11.9. The summed E-state index contributed by atoms with van der Waals surface area (Å²) in [4.78, 5) is 12.4. The highest BCUT2D eigenvalue weighted by atomic mass is 32.3. The van der Waals surface area contributed by atoms with Crippen molar-refractivity contribution in [2.45, 2.75) is 31.7 Å². The molecule has 1 aliphatic rings. The molecular weight excluding hydrogens is 300 g/mol. The van der Waals surface area contributed by atoms with Crippen molar-refractivity contribution in [1.29, 1.82) is 0 Å². The minimum atomic E-state index is -4.67. The molecule has 0 amide bonds. The van der Waals surface area contributed by atoms with E-state index >= 15 is 0 Å². The summed E-state index contributed by atoms with van der Waals surface area (Å²) in [7, 11) is -4.67. The zero-order chi connectivity index (χ0) is 15.6. The van der Waals surface area contributed by atoms with Crippen LogP contribution in [0.3, 0.4) is 0 Å². The number of anilines is 2. The van der Waals surface area contributed by atoms with Gasteiger partial charge in [-0.3, -0.25) is 9.11 Å².